The van der Waals surface area contributed by atoms with Crippen molar-refractivity contribution in [3.8, 4) is 0 Å². The second-order valence-electron chi connectivity index (χ2n) is 4.20. The molecule has 12 heavy (non-hydrogen) atoms. The number of rotatable bonds is 6. The molecule has 70 valence electrons. The van der Waals surface area contributed by atoms with Gasteiger partial charge in [0.25, 0.3) is 0 Å². The van der Waals surface area contributed by atoms with Crippen molar-refractivity contribution < 1.29 is 0 Å². The van der Waals surface area contributed by atoms with Gasteiger partial charge in [-0.1, -0.05) is 12.0 Å². The number of hydrogen-bond donors (Lipinski definition) is 1. The molecule has 0 spiro atoms. The van der Waals surface area contributed by atoms with Gasteiger partial charge in [0.15, 0.2) is 0 Å². The van der Waals surface area contributed by atoms with Crippen LogP contribution in [0, 0.1) is 5.92 Å². The van der Waals surface area contributed by atoms with Crippen molar-refractivity contribution in [3.63, 3.8) is 0 Å². The predicted molar refractivity (Wildman–Crippen MR) is 54.0 cm³/mol. The molecule has 1 heteroatoms. The molecule has 0 bridgehead atoms. The molecule has 1 fully saturated rings. The normalized spacial score (nSPS) is 19.2. The van der Waals surface area contributed by atoms with Gasteiger partial charge in [0.1, 0.15) is 0 Å². The number of unbranched alkanes of at least 4 members (excludes halogenated alkanes) is 1. The van der Waals surface area contributed by atoms with Crippen LogP contribution in [0.25, 0.3) is 0 Å². The summed E-state index contributed by atoms with van der Waals surface area (Å²) in [7, 11) is 0. The lowest BCUT2D eigenvalue weighted by Crippen LogP contribution is -2.21. The molecule has 1 unspecified atom stereocenters. The largest absolute Gasteiger partial charge is 0.327 e. The molecule has 1 aliphatic rings. The van der Waals surface area contributed by atoms with Gasteiger partial charge in [-0.3, -0.25) is 0 Å². The average Bonchev–Trinajstić information content (AvgIpc) is 2.79. The van der Waals surface area contributed by atoms with Gasteiger partial charge >= 0.3 is 0 Å². The molecule has 1 atom stereocenters. The van der Waals surface area contributed by atoms with Crippen LogP contribution >= 0.6 is 0 Å². The maximum atomic E-state index is 5.97. The molecule has 0 saturated heterocycles. The molecule has 0 heterocycles. The molecule has 0 radical (unpaired) electrons. The first-order valence-electron chi connectivity index (χ1n) is 5.10. The van der Waals surface area contributed by atoms with Crippen LogP contribution in [-0.2, 0) is 0 Å². The zero-order valence-electron chi connectivity index (χ0n) is 8.18. The summed E-state index contributed by atoms with van der Waals surface area (Å²) in [4.78, 5) is 0. The van der Waals surface area contributed by atoms with Crippen LogP contribution in [0.3, 0.4) is 0 Å². The summed E-state index contributed by atoms with van der Waals surface area (Å²) in [6, 6.07) is 0.495. The zero-order valence-corrected chi connectivity index (χ0v) is 8.18. The number of allylic oxidation sites excluding steroid dienone is 1. The van der Waals surface area contributed by atoms with Crippen LogP contribution in [0.5, 0.6) is 0 Å². The van der Waals surface area contributed by atoms with E-state index >= 15 is 0 Å². The highest BCUT2D eigenvalue weighted by molar-refractivity contribution is 4.88. The Morgan fingerprint density at radius 1 is 1.50 bits per heavy atom. The van der Waals surface area contributed by atoms with Gasteiger partial charge < -0.3 is 5.73 Å². The standard InChI is InChI=1S/C11H21N/c1-9(2)5-3-4-6-11(12)10-7-8-10/h10-11H,1,3-8,12H2,2H3. The molecule has 1 nitrogen and oxygen atoms in total. The third kappa shape index (κ3) is 3.91. The minimum atomic E-state index is 0.495. The fourth-order valence-corrected chi connectivity index (χ4v) is 1.57. The van der Waals surface area contributed by atoms with Gasteiger partial charge in [0.05, 0.1) is 0 Å². The van der Waals surface area contributed by atoms with Crippen molar-refractivity contribution in [3.05, 3.63) is 12.2 Å². The third-order valence-electron chi connectivity index (χ3n) is 2.62. The second kappa shape index (κ2) is 4.66. The van der Waals surface area contributed by atoms with Gasteiger partial charge in [-0.15, -0.1) is 6.58 Å². The molecule has 0 aliphatic heterocycles. The van der Waals surface area contributed by atoms with E-state index in [9.17, 15) is 0 Å². The summed E-state index contributed by atoms with van der Waals surface area (Å²) in [5, 5.41) is 0. The monoisotopic (exact) mass is 167 g/mol. The van der Waals surface area contributed by atoms with Crippen LogP contribution in [0.2, 0.25) is 0 Å². The first-order chi connectivity index (χ1) is 5.70. The summed E-state index contributed by atoms with van der Waals surface area (Å²) >= 11 is 0. The minimum absolute atomic E-state index is 0.495. The van der Waals surface area contributed by atoms with Gasteiger partial charge in [-0.05, 0) is 44.9 Å². The smallest absolute Gasteiger partial charge is 0.00671 e. The first kappa shape index (κ1) is 9.79. The van der Waals surface area contributed by atoms with E-state index in [-0.39, 0.29) is 0 Å². The summed E-state index contributed by atoms with van der Waals surface area (Å²) in [5.74, 6) is 0.870. The topological polar surface area (TPSA) is 26.0 Å². The second-order valence-corrected chi connectivity index (χ2v) is 4.20. The van der Waals surface area contributed by atoms with Crippen LogP contribution in [0.1, 0.15) is 45.4 Å². The highest BCUT2D eigenvalue weighted by Gasteiger charge is 2.27. The summed E-state index contributed by atoms with van der Waals surface area (Å²) < 4.78 is 0. The third-order valence-corrected chi connectivity index (χ3v) is 2.62. The van der Waals surface area contributed by atoms with E-state index in [1.54, 1.807) is 0 Å². The molecule has 0 amide bonds. The first-order valence-corrected chi connectivity index (χ1v) is 5.10. The van der Waals surface area contributed by atoms with Crippen LogP contribution in [0.4, 0.5) is 0 Å². The zero-order chi connectivity index (χ0) is 8.97. The Kier molecular flexibility index (Phi) is 3.80. The predicted octanol–water partition coefficient (Wildman–Crippen LogP) is 2.86. The maximum Gasteiger partial charge on any atom is 0.00671 e. The van der Waals surface area contributed by atoms with E-state index in [4.69, 9.17) is 5.73 Å². The summed E-state index contributed by atoms with van der Waals surface area (Å²) in [6.45, 7) is 5.99. The Morgan fingerprint density at radius 3 is 2.67 bits per heavy atom. The molecule has 1 saturated carbocycles. The molecule has 1 aliphatic carbocycles. The number of hydrogen-bond acceptors (Lipinski definition) is 1. The van der Waals surface area contributed by atoms with E-state index in [1.807, 2.05) is 0 Å². The Bertz CT molecular complexity index is 147. The maximum absolute atomic E-state index is 5.97. The summed E-state index contributed by atoms with van der Waals surface area (Å²) in [6.07, 6.45) is 7.71. The van der Waals surface area contributed by atoms with Gasteiger partial charge in [-0.25, -0.2) is 0 Å². The molecule has 0 aromatic heterocycles. The Morgan fingerprint density at radius 2 is 2.17 bits per heavy atom. The van der Waals surface area contributed by atoms with Gasteiger partial charge in [0.2, 0.25) is 0 Å². The lowest BCUT2D eigenvalue weighted by atomic mass is 10.0. The van der Waals surface area contributed by atoms with E-state index < -0.39 is 0 Å². The Labute approximate surface area is 76.0 Å². The van der Waals surface area contributed by atoms with Gasteiger partial charge in [-0.2, -0.15) is 0 Å². The lowest BCUT2D eigenvalue weighted by molar-refractivity contribution is 0.516. The van der Waals surface area contributed by atoms with Crippen LogP contribution < -0.4 is 5.73 Å². The Hall–Kier alpha value is -0.300. The van der Waals surface area contributed by atoms with Crippen molar-refractivity contribution in [1.82, 2.24) is 0 Å². The molecule has 1 rings (SSSR count). The lowest BCUT2D eigenvalue weighted by Gasteiger charge is -2.08. The number of nitrogens with two attached hydrogens (primary N) is 1. The molecular formula is C11H21N. The van der Waals surface area contributed by atoms with Crippen LogP contribution in [0.15, 0.2) is 12.2 Å². The van der Waals surface area contributed by atoms with Crippen molar-refractivity contribution in [2.24, 2.45) is 11.7 Å². The fourth-order valence-electron chi connectivity index (χ4n) is 1.57. The summed E-state index contributed by atoms with van der Waals surface area (Å²) in [5.41, 5.74) is 7.27. The fraction of sp³-hybridized carbons (Fsp3) is 0.818. The van der Waals surface area contributed by atoms with Crippen molar-refractivity contribution in [2.45, 2.75) is 51.5 Å². The quantitative estimate of drug-likeness (QED) is 0.478. The average molecular weight is 167 g/mol. The SMILES string of the molecule is C=C(C)CCCCC(N)C1CC1. The van der Waals surface area contributed by atoms with E-state index in [1.165, 1.54) is 44.1 Å². The van der Waals surface area contributed by atoms with Gasteiger partial charge in [0, 0.05) is 6.04 Å². The molecule has 2 N–H and O–H groups in total. The van der Waals surface area contributed by atoms with E-state index in [0.717, 1.165) is 5.92 Å². The molecular weight excluding hydrogens is 146 g/mol. The van der Waals surface area contributed by atoms with Crippen molar-refractivity contribution >= 4 is 0 Å². The Balaban J connectivity index is 1.90. The minimum Gasteiger partial charge on any atom is -0.327 e. The van der Waals surface area contributed by atoms with E-state index in [2.05, 4.69) is 13.5 Å². The molecule has 0 aromatic carbocycles. The van der Waals surface area contributed by atoms with Crippen molar-refractivity contribution in [2.75, 3.05) is 0 Å². The van der Waals surface area contributed by atoms with E-state index in [0.29, 0.717) is 6.04 Å². The van der Waals surface area contributed by atoms with Crippen LogP contribution in [-0.4, -0.2) is 6.04 Å². The van der Waals surface area contributed by atoms with Crippen molar-refractivity contribution in [1.29, 1.82) is 0 Å². The highest BCUT2D eigenvalue weighted by atomic mass is 14.7. The molecule has 0 aromatic rings. The highest BCUT2D eigenvalue weighted by Crippen LogP contribution is 2.33.